The zero-order chi connectivity index (χ0) is 19.9. The minimum atomic E-state index is -1.58. The fourth-order valence-corrected chi connectivity index (χ4v) is 2.39. The van der Waals surface area contributed by atoms with Crippen LogP contribution in [0.1, 0.15) is 30.7 Å². The van der Waals surface area contributed by atoms with E-state index in [1.165, 1.54) is 30.9 Å². The molecule has 0 spiro atoms. The zero-order valence-corrected chi connectivity index (χ0v) is 14.9. The van der Waals surface area contributed by atoms with Gasteiger partial charge in [0.1, 0.15) is 17.5 Å². The van der Waals surface area contributed by atoms with E-state index >= 15 is 0 Å². The highest BCUT2D eigenvalue weighted by atomic mass is 19.1. The van der Waals surface area contributed by atoms with E-state index in [2.05, 4.69) is 25.4 Å². The maximum absolute atomic E-state index is 13.7. The molecule has 0 fully saturated rings. The van der Waals surface area contributed by atoms with E-state index in [1.54, 1.807) is 12.1 Å². The lowest BCUT2D eigenvalue weighted by molar-refractivity contribution is 0.197. The van der Waals surface area contributed by atoms with Gasteiger partial charge in [-0.1, -0.05) is 18.1 Å². The number of nitrogens with one attached hydrogen (secondary N) is 1. The second-order valence-electron chi connectivity index (χ2n) is 5.64. The van der Waals surface area contributed by atoms with Gasteiger partial charge in [0.15, 0.2) is 6.23 Å². The first kappa shape index (κ1) is 19.3. The minimum Gasteiger partial charge on any atom is -0.369 e. The quantitative estimate of drug-likeness (QED) is 0.368. The highest BCUT2D eigenvalue weighted by Gasteiger charge is 2.18. The summed E-state index contributed by atoms with van der Waals surface area (Å²) in [6, 6.07) is 6.62. The lowest BCUT2D eigenvalue weighted by Crippen LogP contribution is -2.14. The van der Waals surface area contributed by atoms with Crippen LogP contribution >= 0.6 is 0 Å². The first-order valence-electron chi connectivity index (χ1n) is 8.43. The number of benzene rings is 1. The van der Waals surface area contributed by atoms with Gasteiger partial charge in [0.05, 0.1) is 17.5 Å². The van der Waals surface area contributed by atoms with Gasteiger partial charge in [-0.3, -0.25) is 4.98 Å². The molecule has 144 valence electrons. The van der Waals surface area contributed by atoms with Crippen molar-refractivity contribution in [1.29, 1.82) is 0 Å². The molecule has 7 nitrogen and oxygen atoms in total. The largest absolute Gasteiger partial charge is 0.369 e. The SMILES string of the molecule is CC/C(=N\Oc1cnccn1)c1ccc(NC(O)c2c(F)cccc2F)nc1. The third kappa shape index (κ3) is 4.63. The van der Waals surface area contributed by atoms with Crippen LogP contribution < -0.4 is 10.2 Å². The number of rotatable bonds is 7. The van der Waals surface area contributed by atoms with E-state index in [9.17, 15) is 13.9 Å². The Morgan fingerprint density at radius 1 is 1.14 bits per heavy atom. The molecule has 0 aliphatic rings. The second-order valence-corrected chi connectivity index (χ2v) is 5.64. The third-order valence-electron chi connectivity index (χ3n) is 3.78. The number of aliphatic hydroxyl groups is 1. The molecule has 0 saturated heterocycles. The Morgan fingerprint density at radius 3 is 2.54 bits per heavy atom. The lowest BCUT2D eigenvalue weighted by atomic mass is 10.1. The number of aliphatic hydroxyl groups excluding tert-OH is 1. The van der Waals surface area contributed by atoms with Crippen molar-refractivity contribution in [1.82, 2.24) is 15.0 Å². The topological polar surface area (TPSA) is 92.5 Å². The molecular weight excluding hydrogens is 368 g/mol. The van der Waals surface area contributed by atoms with Crippen molar-refractivity contribution in [3.63, 3.8) is 0 Å². The smallest absolute Gasteiger partial charge is 0.267 e. The molecule has 3 rings (SSSR count). The van der Waals surface area contributed by atoms with E-state index < -0.39 is 23.4 Å². The van der Waals surface area contributed by atoms with Crippen molar-refractivity contribution in [2.45, 2.75) is 19.6 Å². The molecule has 0 aliphatic heterocycles. The second kappa shape index (κ2) is 8.96. The number of anilines is 1. The summed E-state index contributed by atoms with van der Waals surface area (Å²) >= 11 is 0. The highest BCUT2D eigenvalue weighted by Crippen LogP contribution is 2.22. The summed E-state index contributed by atoms with van der Waals surface area (Å²) in [7, 11) is 0. The van der Waals surface area contributed by atoms with Crippen LogP contribution in [0.15, 0.2) is 60.3 Å². The van der Waals surface area contributed by atoms with Gasteiger partial charge in [-0.15, -0.1) is 0 Å². The molecule has 0 amide bonds. The molecule has 0 bridgehead atoms. The average molecular weight is 385 g/mol. The van der Waals surface area contributed by atoms with E-state index in [1.807, 2.05) is 6.92 Å². The van der Waals surface area contributed by atoms with Crippen molar-refractivity contribution < 1.29 is 18.7 Å². The van der Waals surface area contributed by atoms with Gasteiger partial charge < -0.3 is 15.3 Å². The predicted molar refractivity (Wildman–Crippen MR) is 98.7 cm³/mol. The van der Waals surface area contributed by atoms with Gasteiger partial charge in [0.2, 0.25) is 0 Å². The molecule has 1 unspecified atom stereocenters. The Morgan fingerprint density at radius 2 is 1.93 bits per heavy atom. The fraction of sp³-hybridized carbons (Fsp3) is 0.158. The van der Waals surface area contributed by atoms with Crippen molar-refractivity contribution in [3.8, 4) is 5.88 Å². The van der Waals surface area contributed by atoms with Gasteiger partial charge in [-0.05, 0) is 30.7 Å². The van der Waals surface area contributed by atoms with Crippen LogP contribution in [-0.2, 0) is 0 Å². The predicted octanol–water partition coefficient (Wildman–Crippen LogP) is 3.45. The Bertz CT molecular complexity index is 932. The maximum Gasteiger partial charge on any atom is 0.267 e. The number of pyridine rings is 1. The summed E-state index contributed by atoms with van der Waals surface area (Å²) in [5.41, 5.74) is 0.829. The molecule has 28 heavy (non-hydrogen) atoms. The van der Waals surface area contributed by atoms with Crippen molar-refractivity contribution in [2.24, 2.45) is 5.16 Å². The van der Waals surface area contributed by atoms with E-state index in [0.717, 1.165) is 12.1 Å². The van der Waals surface area contributed by atoms with Crippen LogP contribution in [0.2, 0.25) is 0 Å². The summed E-state index contributed by atoms with van der Waals surface area (Å²) in [4.78, 5) is 17.2. The van der Waals surface area contributed by atoms with E-state index in [-0.39, 0.29) is 11.7 Å². The highest BCUT2D eigenvalue weighted by molar-refractivity contribution is 5.99. The Balaban J connectivity index is 1.71. The Kier molecular flexibility index (Phi) is 6.18. The van der Waals surface area contributed by atoms with Crippen LogP contribution in [-0.4, -0.2) is 25.8 Å². The summed E-state index contributed by atoms with van der Waals surface area (Å²) in [5, 5.41) is 16.7. The van der Waals surface area contributed by atoms with Crippen molar-refractivity contribution in [3.05, 3.63) is 77.9 Å². The number of hydrogen-bond acceptors (Lipinski definition) is 7. The number of nitrogens with zero attached hydrogens (tertiary/aromatic N) is 4. The first-order chi connectivity index (χ1) is 13.6. The molecule has 1 atom stereocenters. The van der Waals surface area contributed by atoms with Gasteiger partial charge in [-0.2, -0.15) is 0 Å². The number of halogens is 2. The number of hydrogen-bond donors (Lipinski definition) is 2. The molecule has 2 aromatic heterocycles. The summed E-state index contributed by atoms with van der Waals surface area (Å²) in [6.45, 7) is 1.90. The molecule has 2 heterocycles. The standard InChI is InChI=1S/C19H17F2N5O2/c1-2-15(26-28-17-11-22-8-9-23-17)12-6-7-16(24-10-12)25-19(27)18-13(20)4-3-5-14(18)21/h3-11,19,27H,2H2,1H3,(H,24,25)/b26-15+. The molecule has 0 radical (unpaired) electrons. The number of aromatic nitrogens is 3. The molecule has 3 aromatic rings. The summed E-state index contributed by atoms with van der Waals surface area (Å²) < 4.78 is 27.5. The van der Waals surface area contributed by atoms with Gasteiger partial charge in [-0.25, -0.2) is 18.7 Å². The summed E-state index contributed by atoms with van der Waals surface area (Å²) in [6.07, 6.45) is 4.94. The Hall–Kier alpha value is -3.46. The van der Waals surface area contributed by atoms with Crippen molar-refractivity contribution >= 4 is 11.5 Å². The first-order valence-corrected chi connectivity index (χ1v) is 8.43. The third-order valence-corrected chi connectivity index (χ3v) is 3.78. The normalized spacial score (nSPS) is 12.5. The monoisotopic (exact) mass is 385 g/mol. The van der Waals surface area contributed by atoms with E-state index in [0.29, 0.717) is 17.7 Å². The van der Waals surface area contributed by atoms with Crippen LogP contribution in [0, 0.1) is 11.6 Å². The maximum atomic E-state index is 13.7. The molecule has 9 heteroatoms. The molecule has 0 saturated carbocycles. The van der Waals surface area contributed by atoms with Crippen LogP contribution in [0.25, 0.3) is 0 Å². The summed E-state index contributed by atoms with van der Waals surface area (Å²) in [5.74, 6) is -1.20. The van der Waals surface area contributed by atoms with Gasteiger partial charge >= 0.3 is 0 Å². The van der Waals surface area contributed by atoms with E-state index in [4.69, 9.17) is 4.84 Å². The van der Waals surface area contributed by atoms with Crippen LogP contribution in [0.3, 0.4) is 0 Å². The van der Waals surface area contributed by atoms with Crippen LogP contribution in [0.4, 0.5) is 14.6 Å². The van der Waals surface area contributed by atoms with Gasteiger partial charge in [0.25, 0.3) is 5.88 Å². The molecule has 1 aromatic carbocycles. The van der Waals surface area contributed by atoms with Crippen LogP contribution in [0.5, 0.6) is 5.88 Å². The number of oxime groups is 1. The molecule has 0 aliphatic carbocycles. The van der Waals surface area contributed by atoms with Gasteiger partial charge in [0, 0.05) is 24.2 Å². The molecule has 2 N–H and O–H groups in total. The lowest BCUT2D eigenvalue weighted by Gasteiger charge is -2.15. The Labute approximate surface area is 159 Å². The fourth-order valence-electron chi connectivity index (χ4n) is 2.39. The zero-order valence-electron chi connectivity index (χ0n) is 14.9. The molecular formula is C19H17F2N5O2. The average Bonchev–Trinajstić information content (AvgIpc) is 2.70. The van der Waals surface area contributed by atoms with Crippen molar-refractivity contribution in [2.75, 3.05) is 5.32 Å². The minimum absolute atomic E-state index is 0.240.